The summed E-state index contributed by atoms with van der Waals surface area (Å²) in [6, 6.07) is 7.35. The molecule has 1 N–H and O–H groups in total. The van der Waals surface area contributed by atoms with Crippen LogP contribution in [0.4, 0.5) is 14.5 Å². The van der Waals surface area contributed by atoms with Crippen LogP contribution >= 0.6 is 11.6 Å². The number of hydrogen-bond acceptors (Lipinski definition) is 2. The van der Waals surface area contributed by atoms with E-state index in [9.17, 15) is 17.8 Å². The molecule has 0 saturated heterocycles. The van der Waals surface area contributed by atoms with Gasteiger partial charge in [-0.1, -0.05) is 11.6 Å². The molecule has 0 aliphatic heterocycles. The van der Waals surface area contributed by atoms with Gasteiger partial charge in [-0.3, -0.25) is 9.00 Å². The Balaban J connectivity index is 2.21. The zero-order valence-electron chi connectivity index (χ0n) is 10.8. The van der Waals surface area contributed by atoms with Gasteiger partial charge in [0.2, 0.25) is 0 Å². The van der Waals surface area contributed by atoms with Crippen LogP contribution in [0.25, 0.3) is 0 Å². The van der Waals surface area contributed by atoms with Crippen LogP contribution < -0.4 is 5.32 Å². The number of hydrogen-bond donors (Lipinski definition) is 1. The maximum atomic E-state index is 13.7. The van der Waals surface area contributed by atoms with Gasteiger partial charge in [0.05, 0.1) is 20.7 Å². The molecule has 0 radical (unpaired) electrons. The zero-order chi connectivity index (χ0) is 15.6. The summed E-state index contributed by atoms with van der Waals surface area (Å²) in [6.45, 7) is 0. The van der Waals surface area contributed by atoms with Gasteiger partial charge in [-0.05, 0) is 36.4 Å². The fourth-order valence-corrected chi connectivity index (χ4v) is 2.43. The maximum Gasteiger partial charge on any atom is 0.255 e. The smallest absolute Gasteiger partial charge is 0.255 e. The Morgan fingerprint density at radius 3 is 2.43 bits per heavy atom. The van der Waals surface area contributed by atoms with E-state index in [1.165, 1.54) is 30.5 Å². The molecule has 0 spiro atoms. The zero-order valence-corrected chi connectivity index (χ0v) is 12.4. The van der Waals surface area contributed by atoms with Crippen LogP contribution in [-0.4, -0.2) is 16.4 Å². The average Bonchev–Trinajstić information content (AvgIpc) is 2.41. The van der Waals surface area contributed by atoms with Crippen molar-refractivity contribution in [2.24, 2.45) is 0 Å². The van der Waals surface area contributed by atoms with E-state index < -0.39 is 28.3 Å². The first kappa shape index (κ1) is 15.6. The van der Waals surface area contributed by atoms with E-state index in [4.69, 9.17) is 11.6 Å². The molecule has 1 amide bonds. The van der Waals surface area contributed by atoms with E-state index in [1.54, 1.807) is 0 Å². The van der Waals surface area contributed by atoms with Crippen molar-refractivity contribution in [2.45, 2.75) is 4.90 Å². The molecule has 2 aromatic rings. The fourth-order valence-electron chi connectivity index (χ4n) is 1.65. The van der Waals surface area contributed by atoms with Gasteiger partial charge in [-0.25, -0.2) is 8.78 Å². The minimum absolute atomic E-state index is 0.0535. The molecule has 2 rings (SSSR count). The summed E-state index contributed by atoms with van der Waals surface area (Å²) in [7, 11) is -1.45. The SMILES string of the molecule is C[S@](=O)c1ccc(NC(=O)c2ccc(F)c(Cl)c2)cc1F. The Morgan fingerprint density at radius 2 is 1.86 bits per heavy atom. The first-order valence-corrected chi connectivity index (χ1v) is 7.71. The Kier molecular flexibility index (Phi) is 4.69. The molecule has 0 saturated carbocycles. The number of amides is 1. The molecule has 2 aromatic carbocycles. The number of rotatable bonds is 3. The Morgan fingerprint density at radius 1 is 1.14 bits per heavy atom. The summed E-state index contributed by atoms with van der Waals surface area (Å²) in [5.74, 6) is -1.86. The molecule has 1 atom stereocenters. The predicted molar refractivity (Wildman–Crippen MR) is 78.1 cm³/mol. The number of carbonyl (C=O) groups excluding carboxylic acids is 1. The van der Waals surface area contributed by atoms with Crippen molar-refractivity contribution in [2.75, 3.05) is 11.6 Å². The molecule has 0 aliphatic rings. The molecule has 0 heterocycles. The van der Waals surface area contributed by atoms with Crippen molar-refractivity contribution in [1.82, 2.24) is 0 Å². The highest BCUT2D eigenvalue weighted by Gasteiger charge is 2.11. The second-order valence-corrected chi connectivity index (χ2v) is 5.94. The third kappa shape index (κ3) is 3.65. The minimum Gasteiger partial charge on any atom is -0.322 e. The lowest BCUT2D eigenvalue weighted by Gasteiger charge is -2.07. The molecule has 0 bridgehead atoms. The van der Waals surface area contributed by atoms with Gasteiger partial charge in [0.1, 0.15) is 11.6 Å². The molecule has 0 unspecified atom stereocenters. The summed E-state index contributed by atoms with van der Waals surface area (Å²) < 4.78 is 37.9. The number of carbonyl (C=O) groups is 1. The van der Waals surface area contributed by atoms with Gasteiger partial charge in [-0.15, -0.1) is 0 Å². The molecule has 0 fully saturated rings. The minimum atomic E-state index is -1.45. The molecular weight excluding hydrogens is 320 g/mol. The summed E-state index contributed by atoms with van der Waals surface area (Å²) in [5, 5.41) is 2.28. The van der Waals surface area contributed by atoms with E-state index in [2.05, 4.69) is 5.32 Å². The van der Waals surface area contributed by atoms with E-state index >= 15 is 0 Å². The second-order valence-electron chi connectivity index (χ2n) is 4.18. The van der Waals surface area contributed by atoms with Crippen LogP contribution in [0.3, 0.4) is 0 Å². The second kappa shape index (κ2) is 6.32. The van der Waals surface area contributed by atoms with E-state index in [0.29, 0.717) is 0 Å². The Hall–Kier alpha value is -1.79. The monoisotopic (exact) mass is 329 g/mol. The lowest BCUT2D eigenvalue weighted by molar-refractivity contribution is 0.102. The van der Waals surface area contributed by atoms with Crippen LogP contribution in [0.2, 0.25) is 5.02 Å². The quantitative estimate of drug-likeness (QED) is 0.935. The maximum absolute atomic E-state index is 13.7. The Bertz CT molecular complexity index is 737. The van der Waals surface area contributed by atoms with Crippen molar-refractivity contribution >= 4 is 34.0 Å². The first-order chi connectivity index (χ1) is 9.88. The van der Waals surface area contributed by atoms with E-state index in [0.717, 1.165) is 12.1 Å². The molecule has 21 heavy (non-hydrogen) atoms. The predicted octanol–water partition coefficient (Wildman–Crippen LogP) is 3.61. The average molecular weight is 330 g/mol. The summed E-state index contributed by atoms with van der Waals surface area (Å²) in [6.07, 6.45) is 1.36. The van der Waals surface area contributed by atoms with Crippen molar-refractivity contribution in [3.63, 3.8) is 0 Å². The van der Waals surface area contributed by atoms with Gasteiger partial charge in [0.25, 0.3) is 5.91 Å². The fraction of sp³-hybridized carbons (Fsp3) is 0.0714. The van der Waals surface area contributed by atoms with Crippen LogP contribution in [0, 0.1) is 11.6 Å². The first-order valence-electron chi connectivity index (χ1n) is 5.78. The normalized spacial score (nSPS) is 12.0. The van der Waals surface area contributed by atoms with Gasteiger partial charge in [0, 0.05) is 17.5 Å². The molecule has 0 aliphatic carbocycles. The topological polar surface area (TPSA) is 46.2 Å². The van der Waals surface area contributed by atoms with Gasteiger partial charge in [0.15, 0.2) is 0 Å². The lowest BCUT2D eigenvalue weighted by atomic mass is 10.2. The highest BCUT2D eigenvalue weighted by molar-refractivity contribution is 7.84. The molecule has 0 aromatic heterocycles. The summed E-state index contributed by atoms with van der Waals surface area (Å²) in [4.78, 5) is 12.0. The molecule has 3 nitrogen and oxygen atoms in total. The standard InChI is InChI=1S/C14H10ClF2NO2S/c1-21(20)13-5-3-9(7-12(13)17)18-14(19)8-2-4-11(16)10(15)6-8/h2-7H,1H3,(H,18,19)/t21-/m0/s1. The highest BCUT2D eigenvalue weighted by Crippen LogP contribution is 2.20. The van der Waals surface area contributed by atoms with Crippen LogP contribution in [-0.2, 0) is 10.8 Å². The summed E-state index contributed by atoms with van der Waals surface area (Å²) >= 11 is 5.59. The highest BCUT2D eigenvalue weighted by atomic mass is 35.5. The number of benzene rings is 2. The van der Waals surface area contributed by atoms with Crippen molar-refractivity contribution < 1.29 is 17.8 Å². The third-order valence-electron chi connectivity index (χ3n) is 2.68. The number of nitrogens with one attached hydrogen (secondary N) is 1. The lowest BCUT2D eigenvalue weighted by Crippen LogP contribution is -2.12. The molecular formula is C14H10ClF2NO2S. The van der Waals surface area contributed by atoms with E-state index in [-0.39, 0.29) is 21.2 Å². The molecule has 110 valence electrons. The van der Waals surface area contributed by atoms with Gasteiger partial charge in [-0.2, -0.15) is 0 Å². The number of anilines is 1. The van der Waals surface area contributed by atoms with Gasteiger partial charge < -0.3 is 5.32 Å². The molecule has 7 heteroatoms. The largest absolute Gasteiger partial charge is 0.322 e. The number of halogens is 3. The summed E-state index contributed by atoms with van der Waals surface area (Å²) in [5.41, 5.74) is 0.345. The van der Waals surface area contributed by atoms with Crippen LogP contribution in [0.5, 0.6) is 0 Å². The van der Waals surface area contributed by atoms with Crippen LogP contribution in [0.1, 0.15) is 10.4 Å². The van der Waals surface area contributed by atoms with E-state index in [1.807, 2.05) is 0 Å². The van der Waals surface area contributed by atoms with Crippen molar-refractivity contribution in [1.29, 1.82) is 0 Å². The van der Waals surface area contributed by atoms with Crippen molar-refractivity contribution in [3.05, 3.63) is 58.6 Å². The Labute approximate surface area is 127 Å². The van der Waals surface area contributed by atoms with Crippen LogP contribution in [0.15, 0.2) is 41.3 Å². The third-order valence-corrected chi connectivity index (χ3v) is 3.92. The van der Waals surface area contributed by atoms with Crippen molar-refractivity contribution in [3.8, 4) is 0 Å². The van der Waals surface area contributed by atoms with Gasteiger partial charge >= 0.3 is 0 Å².